The lowest BCUT2D eigenvalue weighted by Gasteiger charge is -1.27. The van der Waals surface area contributed by atoms with Crippen LogP contribution in [0.4, 0.5) is 0 Å². The second kappa shape index (κ2) is 1170. The highest BCUT2D eigenvalue weighted by Crippen LogP contribution is 0.412. The maximum atomic E-state index is 6.50. The van der Waals surface area contributed by atoms with Crippen LogP contribution >= 0.6 is 0 Å². The molecule has 0 atom stereocenters. The normalized spacial score (nSPS) is 2.00. The number of hydrogen-bond acceptors (Lipinski definition) is 4. The number of hydrogen-bond donors (Lipinski definition) is 4. The molecule has 0 bridgehead atoms. The average Bonchev–Trinajstić information content (AvgIpc) is 1.50. The van der Waals surface area contributed by atoms with Gasteiger partial charge in [-0.1, -0.05) is 0 Å². The Morgan fingerprint density at radius 2 is 0.667 bits per heavy atom. The molecule has 0 aromatic rings. The van der Waals surface area contributed by atoms with E-state index in [1.54, 1.807) is 0 Å². The van der Waals surface area contributed by atoms with Crippen LogP contribution in [0.5, 0.6) is 0 Å². The minimum atomic E-state index is 0. The Labute approximate surface area is 34.5 Å². The lowest BCUT2D eigenvalue weighted by molar-refractivity contribution is 0.311. The van der Waals surface area contributed by atoms with Gasteiger partial charge < -0.3 is 10.4 Å². The Kier molecular flexibility index (Phi) is 8200. The zero-order valence-corrected chi connectivity index (χ0v) is 2.87. The molecule has 0 unspecified atom stereocenters. The molecule has 0 heterocycles. The molecule has 6 heteroatoms. The second-order valence-electron chi connectivity index (χ2n) is 0. The first-order valence-corrected chi connectivity index (χ1v) is 0.516. The molecule has 0 aliphatic heterocycles. The maximum Gasteiger partial charge on any atom is 0 e. The quantitative estimate of drug-likeness (QED) is 0.270. The molecule has 0 aromatic carbocycles. The molecular weight excluding hydrogens is 92.0 g/mol. The van der Waals surface area contributed by atoms with Crippen molar-refractivity contribution in [3.63, 3.8) is 0 Å². The molecule has 0 rings (SSSR count). The van der Waals surface area contributed by atoms with Crippen LogP contribution in [0.2, 0.25) is 0 Å². The summed E-state index contributed by atoms with van der Waals surface area (Å²) in [6, 6.07) is 0. The van der Waals surface area contributed by atoms with E-state index < -0.39 is 0 Å². The van der Waals surface area contributed by atoms with E-state index in [2.05, 4.69) is 11.8 Å². The highest BCUT2D eigenvalue weighted by atomic mass is 16.4. The molecule has 40 valence electrons. The molecule has 6 heavy (non-hydrogen) atoms. The van der Waals surface area contributed by atoms with Gasteiger partial charge in [-0.3, -0.25) is 0 Å². The summed E-state index contributed by atoms with van der Waals surface area (Å²) in [5.74, 6) is 7.00. The molecule has 0 aromatic heterocycles. The molecular formula is H6N2O4. The van der Waals surface area contributed by atoms with Gasteiger partial charge in [0.2, 0.25) is 0 Å². The van der Waals surface area contributed by atoms with Crippen molar-refractivity contribution in [2.75, 3.05) is 0 Å². The van der Waals surface area contributed by atoms with E-state index in [0.29, 0.717) is 0 Å². The van der Waals surface area contributed by atoms with E-state index in [1.165, 1.54) is 0 Å². The lowest BCUT2D eigenvalue weighted by Crippen LogP contribution is -1.72. The highest BCUT2D eigenvalue weighted by molar-refractivity contribution is 2.78. The van der Waals surface area contributed by atoms with Crippen LogP contribution in [0.15, 0.2) is 0 Å². The number of rotatable bonds is 0. The number of nitrogens with two attached hydrogens (primary N) is 2. The first-order valence-electron chi connectivity index (χ1n) is 0.516. The van der Waals surface area contributed by atoms with E-state index in [4.69, 9.17) is 10.4 Å². The molecule has 0 aliphatic carbocycles. The fraction of sp³-hybridized carbons (Fsp3) is 0. The van der Waals surface area contributed by atoms with Crippen molar-refractivity contribution in [1.29, 1.82) is 0 Å². The molecule has 0 fully saturated rings. The van der Waals surface area contributed by atoms with Crippen LogP contribution in [0.3, 0.4) is 0 Å². The van der Waals surface area contributed by atoms with Crippen LogP contribution in [0.25, 0.3) is 0 Å². The Morgan fingerprint density at radius 3 is 0.667 bits per heavy atom. The van der Waals surface area contributed by atoms with E-state index in [1.807, 2.05) is 0 Å². The Hall–Kier alpha value is -0.240. The van der Waals surface area contributed by atoms with Crippen molar-refractivity contribution in [2.45, 2.75) is 0 Å². The Morgan fingerprint density at radius 1 is 0.667 bits per heavy atom. The molecule has 4 radical (unpaired) electrons. The third-order valence-corrected chi connectivity index (χ3v) is 0. The minimum absolute atomic E-state index is 0. The molecule has 0 amide bonds. The van der Waals surface area contributed by atoms with Crippen molar-refractivity contribution in [1.82, 2.24) is 0 Å². The summed E-state index contributed by atoms with van der Waals surface area (Å²) in [4.78, 5) is 0. The topological polar surface area (TPSA) is 150 Å². The summed E-state index contributed by atoms with van der Waals surface area (Å²) in [6.07, 6.45) is 0. The van der Waals surface area contributed by atoms with Crippen molar-refractivity contribution in [2.24, 2.45) is 11.8 Å². The Bertz CT molecular complexity index is 5.51. The molecule has 0 aliphatic rings. The molecule has 6 N–H and O–H groups in total. The maximum absolute atomic E-state index is 6.50. The van der Waals surface area contributed by atoms with Gasteiger partial charge in [0.15, 0.2) is 0 Å². The van der Waals surface area contributed by atoms with Crippen LogP contribution < -0.4 is 11.8 Å². The first-order chi connectivity index (χ1) is 2.00. The smallest absolute Gasteiger partial charge is 0 e. The summed E-state index contributed by atoms with van der Waals surface area (Å²) in [7, 11) is 0. The zero-order valence-electron chi connectivity index (χ0n) is 2.87. The highest BCUT2D eigenvalue weighted by Gasteiger charge is 0.734. The fourth-order valence-electron chi connectivity index (χ4n) is 0. The fourth-order valence-corrected chi connectivity index (χ4v) is 0. The standard InChI is InChI=1S/2H3NO.2O/c2*1-2;;/h2*2H,1H2;;. The SMILES string of the molecule is NO.NO.[O].[O]. The van der Waals surface area contributed by atoms with E-state index in [0.717, 1.165) is 0 Å². The minimum Gasteiger partial charge on any atom is -0.320 e. The summed E-state index contributed by atoms with van der Waals surface area (Å²) < 4.78 is 0. The van der Waals surface area contributed by atoms with Crippen molar-refractivity contribution >= 4 is 0 Å². The van der Waals surface area contributed by atoms with Gasteiger partial charge in [-0.15, -0.1) is 0 Å². The van der Waals surface area contributed by atoms with E-state index in [-0.39, 0.29) is 11.0 Å². The van der Waals surface area contributed by atoms with Gasteiger partial charge in [-0.25, -0.2) is 11.8 Å². The van der Waals surface area contributed by atoms with Gasteiger partial charge in [-0.05, 0) is 0 Å². The Balaban J connectivity index is -0.00000000500. The summed E-state index contributed by atoms with van der Waals surface area (Å²) in [6.45, 7) is 0. The molecule has 0 spiro atoms. The first kappa shape index (κ1) is 42.1. The monoisotopic (exact) mass is 98.0 g/mol. The van der Waals surface area contributed by atoms with Crippen LogP contribution in [-0.4, -0.2) is 10.4 Å². The summed E-state index contributed by atoms with van der Waals surface area (Å²) in [5.41, 5.74) is 0. The zero-order chi connectivity index (χ0) is 4.00. The van der Waals surface area contributed by atoms with Crippen LogP contribution in [-0.2, 0) is 11.0 Å². The molecule has 0 saturated carbocycles. The van der Waals surface area contributed by atoms with Gasteiger partial charge >= 0.3 is 0 Å². The van der Waals surface area contributed by atoms with Gasteiger partial charge in [0.05, 0.1) is 0 Å². The molecule has 6 nitrogen and oxygen atoms in total. The van der Waals surface area contributed by atoms with Crippen molar-refractivity contribution in [3.05, 3.63) is 0 Å². The van der Waals surface area contributed by atoms with E-state index in [9.17, 15) is 0 Å². The summed E-state index contributed by atoms with van der Waals surface area (Å²) in [5, 5.41) is 13.0. The third kappa shape index (κ3) is 497. The van der Waals surface area contributed by atoms with Crippen molar-refractivity contribution in [3.8, 4) is 0 Å². The summed E-state index contributed by atoms with van der Waals surface area (Å²) >= 11 is 0. The van der Waals surface area contributed by atoms with Crippen molar-refractivity contribution < 1.29 is 21.4 Å². The van der Waals surface area contributed by atoms with Gasteiger partial charge in [0, 0.05) is 11.0 Å². The van der Waals surface area contributed by atoms with Gasteiger partial charge in [0.1, 0.15) is 0 Å². The average molecular weight is 98.1 g/mol. The van der Waals surface area contributed by atoms with Gasteiger partial charge in [-0.2, -0.15) is 0 Å². The largest absolute Gasteiger partial charge is 0.320 e. The second-order valence-corrected chi connectivity index (χ2v) is 0. The third-order valence-electron chi connectivity index (χ3n) is 0. The molecule has 0 saturated heterocycles. The lowest BCUT2D eigenvalue weighted by atomic mass is 13.6. The van der Waals surface area contributed by atoms with E-state index >= 15 is 0 Å². The predicted octanol–water partition coefficient (Wildman–Crippen LogP) is -1.57. The predicted molar refractivity (Wildman–Crippen MR) is 13.3 cm³/mol. The van der Waals surface area contributed by atoms with Crippen LogP contribution in [0, 0.1) is 0 Å². The van der Waals surface area contributed by atoms with Crippen LogP contribution in [0.1, 0.15) is 0 Å². The van der Waals surface area contributed by atoms with Gasteiger partial charge in [0.25, 0.3) is 0 Å².